The Morgan fingerprint density at radius 2 is 1.94 bits per heavy atom. The Balaban J connectivity index is 1.55. The van der Waals surface area contributed by atoms with Crippen molar-refractivity contribution in [3.63, 3.8) is 0 Å². The number of hydrogen-bond acceptors (Lipinski definition) is 5. The number of nitrogens with zero attached hydrogens (tertiary/aromatic N) is 3. The fourth-order valence-electron chi connectivity index (χ4n) is 3.95. The molecule has 0 unspecified atom stereocenters. The zero-order valence-corrected chi connectivity index (χ0v) is 18.3. The van der Waals surface area contributed by atoms with Gasteiger partial charge in [-0.3, -0.25) is 9.78 Å². The van der Waals surface area contributed by atoms with Crippen molar-refractivity contribution >= 4 is 26.8 Å². The molecule has 0 saturated carbocycles. The van der Waals surface area contributed by atoms with Crippen LogP contribution in [0.3, 0.4) is 0 Å². The van der Waals surface area contributed by atoms with E-state index in [0.29, 0.717) is 43.6 Å². The van der Waals surface area contributed by atoms with Crippen molar-refractivity contribution in [1.29, 1.82) is 0 Å². The summed E-state index contributed by atoms with van der Waals surface area (Å²) in [5.41, 5.74) is 2.84. The second-order valence-electron chi connectivity index (χ2n) is 7.78. The number of rotatable bonds is 6. The van der Waals surface area contributed by atoms with E-state index in [1.54, 1.807) is 22.8 Å². The summed E-state index contributed by atoms with van der Waals surface area (Å²) in [7, 11) is -3.20. The van der Waals surface area contributed by atoms with Gasteiger partial charge in [0, 0.05) is 42.5 Å². The standard InChI is InChI=1S/C23H26N4O3S/c1-2-14-31(29,30)27-12-9-18(10-13-27)25-23(28)20-15-22(17-6-5-11-24-16-17)26-21-8-4-3-7-19(20)21/h3-8,11,15-16,18H,2,9-10,12-14H2,1H3,(H,25,28). The Labute approximate surface area is 182 Å². The van der Waals surface area contributed by atoms with Crippen LogP contribution in [-0.2, 0) is 10.0 Å². The van der Waals surface area contributed by atoms with Gasteiger partial charge in [0.05, 0.1) is 22.5 Å². The number of pyridine rings is 2. The third-order valence-electron chi connectivity index (χ3n) is 5.56. The van der Waals surface area contributed by atoms with Crippen LogP contribution in [0.15, 0.2) is 54.9 Å². The third kappa shape index (κ3) is 4.75. The molecule has 0 aliphatic carbocycles. The average Bonchev–Trinajstić information content (AvgIpc) is 2.79. The Morgan fingerprint density at radius 1 is 1.16 bits per heavy atom. The minimum atomic E-state index is -3.20. The lowest BCUT2D eigenvalue weighted by atomic mass is 10.0. The fraction of sp³-hybridized carbons (Fsp3) is 0.348. The van der Waals surface area contributed by atoms with Crippen LogP contribution >= 0.6 is 0 Å². The molecular formula is C23H26N4O3S. The van der Waals surface area contributed by atoms with E-state index in [4.69, 9.17) is 4.98 Å². The summed E-state index contributed by atoms with van der Waals surface area (Å²) in [6.07, 6.45) is 5.24. The van der Waals surface area contributed by atoms with Crippen LogP contribution < -0.4 is 5.32 Å². The number of nitrogens with one attached hydrogen (secondary N) is 1. The van der Waals surface area contributed by atoms with Crippen LogP contribution in [0.1, 0.15) is 36.5 Å². The molecule has 1 aliphatic heterocycles. The number of hydrogen-bond donors (Lipinski definition) is 1. The molecule has 3 heterocycles. The smallest absolute Gasteiger partial charge is 0.252 e. The molecule has 1 fully saturated rings. The number of benzene rings is 1. The summed E-state index contributed by atoms with van der Waals surface area (Å²) in [5, 5.41) is 3.89. The third-order valence-corrected chi connectivity index (χ3v) is 7.64. The highest BCUT2D eigenvalue weighted by molar-refractivity contribution is 7.89. The van der Waals surface area contributed by atoms with Crippen molar-refractivity contribution in [3.05, 3.63) is 60.4 Å². The molecular weight excluding hydrogens is 412 g/mol. The molecule has 1 amide bonds. The van der Waals surface area contributed by atoms with Gasteiger partial charge in [-0.25, -0.2) is 17.7 Å². The Hall–Kier alpha value is -2.84. The van der Waals surface area contributed by atoms with E-state index in [0.717, 1.165) is 16.5 Å². The molecule has 8 heteroatoms. The van der Waals surface area contributed by atoms with Gasteiger partial charge in [-0.05, 0) is 43.5 Å². The van der Waals surface area contributed by atoms with E-state index in [1.807, 2.05) is 43.3 Å². The first-order chi connectivity index (χ1) is 15.0. The molecule has 0 bridgehead atoms. The summed E-state index contributed by atoms with van der Waals surface area (Å²) in [6.45, 7) is 2.74. The number of piperidine rings is 1. The van der Waals surface area contributed by atoms with E-state index in [1.165, 1.54) is 0 Å². The molecule has 0 spiro atoms. The SMILES string of the molecule is CCCS(=O)(=O)N1CCC(NC(=O)c2cc(-c3cccnc3)nc3ccccc23)CC1. The van der Waals surface area contributed by atoms with Crippen molar-refractivity contribution in [2.75, 3.05) is 18.8 Å². The van der Waals surface area contributed by atoms with Crippen LogP contribution in [0.4, 0.5) is 0 Å². The summed E-state index contributed by atoms with van der Waals surface area (Å²) in [5.74, 6) is 0.00283. The van der Waals surface area contributed by atoms with Gasteiger partial charge >= 0.3 is 0 Å². The van der Waals surface area contributed by atoms with Crippen molar-refractivity contribution in [1.82, 2.24) is 19.6 Å². The highest BCUT2D eigenvalue weighted by Crippen LogP contribution is 2.25. The normalized spacial score (nSPS) is 15.8. The zero-order chi connectivity index (χ0) is 21.8. The lowest BCUT2D eigenvalue weighted by Crippen LogP contribution is -2.47. The molecule has 0 radical (unpaired) electrons. The number of sulfonamides is 1. The van der Waals surface area contributed by atoms with Crippen LogP contribution in [-0.4, -0.2) is 53.5 Å². The topological polar surface area (TPSA) is 92.3 Å². The molecule has 162 valence electrons. The van der Waals surface area contributed by atoms with Crippen molar-refractivity contribution < 1.29 is 13.2 Å². The van der Waals surface area contributed by atoms with Crippen molar-refractivity contribution in [3.8, 4) is 11.3 Å². The Bertz CT molecular complexity index is 1170. The van der Waals surface area contributed by atoms with Gasteiger partial charge < -0.3 is 5.32 Å². The van der Waals surface area contributed by atoms with E-state index >= 15 is 0 Å². The number of aromatic nitrogens is 2. The molecule has 1 aromatic carbocycles. The number of carbonyl (C=O) groups excluding carboxylic acids is 1. The second kappa shape index (κ2) is 9.11. The van der Waals surface area contributed by atoms with Gasteiger partial charge in [-0.2, -0.15) is 0 Å². The van der Waals surface area contributed by atoms with E-state index in [-0.39, 0.29) is 17.7 Å². The van der Waals surface area contributed by atoms with Gasteiger partial charge in [-0.15, -0.1) is 0 Å². The van der Waals surface area contributed by atoms with Crippen molar-refractivity contribution in [2.24, 2.45) is 0 Å². The predicted octanol–water partition coefficient (Wildman–Crippen LogP) is 3.23. The van der Waals surface area contributed by atoms with Gasteiger partial charge in [0.1, 0.15) is 0 Å². The Morgan fingerprint density at radius 3 is 2.65 bits per heavy atom. The maximum atomic E-state index is 13.2. The molecule has 0 atom stereocenters. The van der Waals surface area contributed by atoms with Crippen LogP contribution in [0.2, 0.25) is 0 Å². The Kier molecular flexibility index (Phi) is 6.29. The average molecular weight is 439 g/mol. The molecule has 1 aliphatic rings. The minimum absolute atomic E-state index is 0.0608. The number of carbonyl (C=O) groups is 1. The first kappa shape index (κ1) is 21.4. The predicted molar refractivity (Wildman–Crippen MR) is 121 cm³/mol. The molecule has 1 saturated heterocycles. The van der Waals surface area contributed by atoms with Gasteiger partial charge in [0.2, 0.25) is 10.0 Å². The second-order valence-corrected chi connectivity index (χ2v) is 9.87. The van der Waals surface area contributed by atoms with E-state index in [9.17, 15) is 13.2 Å². The van der Waals surface area contributed by atoms with Crippen molar-refractivity contribution in [2.45, 2.75) is 32.2 Å². The fourth-order valence-corrected chi connectivity index (χ4v) is 5.50. The zero-order valence-electron chi connectivity index (χ0n) is 17.5. The lowest BCUT2D eigenvalue weighted by molar-refractivity contribution is 0.0925. The highest BCUT2D eigenvalue weighted by Gasteiger charge is 2.28. The lowest BCUT2D eigenvalue weighted by Gasteiger charge is -2.31. The number of amides is 1. The maximum absolute atomic E-state index is 13.2. The van der Waals surface area contributed by atoms with Gasteiger partial charge in [0.25, 0.3) is 5.91 Å². The van der Waals surface area contributed by atoms with E-state index < -0.39 is 10.0 Å². The summed E-state index contributed by atoms with van der Waals surface area (Å²) >= 11 is 0. The molecule has 1 N–H and O–H groups in total. The summed E-state index contributed by atoms with van der Waals surface area (Å²) in [4.78, 5) is 22.1. The van der Waals surface area contributed by atoms with Crippen LogP contribution in [0.25, 0.3) is 22.2 Å². The van der Waals surface area contributed by atoms with Gasteiger partial charge in [0.15, 0.2) is 0 Å². The van der Waals surface area contributed by atoms with E-state index in [2.05, 4.69) is 10.3 Å². The number of fused-ring (bicyclic) bond motifs is 1. The molecule has 2 aromatic heterocycles. The maximum Gasteiger partial charge on any atom is 0.252 e. The molecule has 4 rings (SSSR count). The number of para-hydroxylation sites is 1. The van der Waals surface area contributed by atoms with Crippen LogP contribution in [0, 0.1) is 0 Å². The molecule has 31 heavy (non-hydrogen) atoms. The first-order valence-corrected chi connectivity index (χ1v) is 12.2. The monoisotopic (exact) mass is 438 g/mol. The quantitative estimate of drug-likeness (QED) is 0.638. The largest absolute Gasteiger partial charge is 0.349 e. The molecule has 3 aromatic rings. The summed E-state index contributed by atoms with van der Waals surface area (Å²) < 4.78 is 26.1. The molecule has 7 nitrogen and oxygen atoms in total. The first-order valence-electron chi connectivity index (χ1n) is 10.6. The van der Waals surface area contributed by atoms with Crippen LogP contribution in [0.5, 0.6) is 0 Å². The van der Waals surface area contributed by atoms with Gasteiger partial charge in [-0.1, -0.05) is 25.1 Å². The minimum Gasteiger partial charge on any atom is -0.349 e. The highest BCUT2D eigenvalue weighted by atomic mass is 32.2. The summed E-state index contributed by atoms with van der Waals surface area (Å²) in [6, 6.07) is 13.1.